The summed E-state index contributed by atoms with van der Waals surface area (Å²) >= 11 is 1.32. The Balaban J connectivity index is 1.47. The number of anilines is 1. The Bertz CT molecular complexity index is 1440. The molecule has 0 fully saturated rings. The van der Waals surface area contributed by atoms with Crippen molar-refractivity contribution in [3.8, 4) is 5.75 Å². The van der Waals surface area contributed by atoms with E-state index in [1.54, 1.807) is 18.2 Å². The predicted molar refractivity (Wildman–Crippen MR) is 128 cm³/mol. The van der Waals surface area contributed by atoms with Gasteiger partial charge < -0.3 is 14.8 Å². The van der Waals surface area contributed by atoms with E-state index in [-0.39, 0.29) is 23.6 Å². The predicted octanol–water partition coefficient (Wildman–Crippen LogP) is 3.89. The van der Waals surface area contributed by atoms with Gasteiger partial charge in [0.2, 0.25) is 5.91 Å². The smallest absolute Gasteiger partial charge is 0.271 e. The third kappa shape index (κ3) is 3.87. The zero-order chi connectivity index (χ0) is 23.2. The van der Waals surface area contributed by atoms with E-state index in [1.165, 1.54) is 29.3 Å². The maximum atomic E-state index is 13.2. The van der Waals surface area contributed by atoms with Gasteiger partial charge in [0.25, 0.3) is 5.56 Å². The van der Waals surface area contributed by atoms with E-state index in [1.807, 2.05) is 12.1 Å². The molecule has 0 aliphatic carbocycles. The maximum absolute atomic E-state index is 13.2. The van der Waals surface area contributed by atoms with Gasteiger partial charge in [0.15, 0.2) is 0 Å². The van der Waals surface area contributed by atoms with Crippen LogP contribution in [-0.2, 0) is 29.1 Å². The fraction of sp³-hybridized carbons (Fsp3) is 0.333. The minimum Gasteiger partial charge on any atom is -0.495 e. The molecule has 1 aromatic carbocycles. The van der Waals surface area contributed by atoms with Crippen LogP contribution in [0.3, 0.4) is 0 Å². The number of nitrogens with one attached hydrogen (secondary N) is 1. The van der Waals surface area contributed by atoms with Crippen molar-refractivity contribution in [2.75, 3.05) is 12.4 Å². The summed E-state index contributed by atoms with van der Waals surface area (Å²) < 4.78 is 13.1. The number of carbonyl (C=O) groups is 1. The van der Waals surface area contributed by atoms with Crippen LogP contribution in [0.2, 0.25) is 0 Å². The number of ether oxygens (including phenoxy) is 2. The Hall–Kier alpha value is -3.30. The first kappa shape index (κ1) is 21.5. The van der Waals surface area contributed by atoms with Crippen molar-refractivity contribution in [3.05, 3.63) is 58.3 Å². The van der Waals surface area contributed by atoms with E-state index in [2.05, 4.69) is 24.1 Å². The molecule has 0 saturated carbocycles. The first-order chi connectivity index (χ1) is 15.9. The molecule has 1 aliphatic heterocycles. The van der Waals surface area contributed by atoms with Crippen molar-refractivity contribution < 1.29 is 14.3 Å². The molecular weight excluding hydrogens is 440 g/mol. The molecule has 33 heavy (non-hydrogen) atoms. The van der Waals surface area contributed by atoms with Crippen molar-refractivity contribution in [1.29, 1.82) is 0 Å². The van der Waals surface area contributed by atoms with Gasteiger partial charge in [-0.05, 0) is 31.5 Å². The molecule has 3 aromatic heterocycles. The molecule has 1 N–H and O–H groups in total. The number of rotatable bonds is 5. The highest BCUT2D eigenvalue weighted by atomic mass is 32.1. The van der Waals surface area contributed by atoms with Crippen molar-refractivity contribution in [2.45, 2.75) is 45.4 Å². The maximum Gasteiger partial charge on any atom is 0.271 e. The summed E-state index contributed by atoms with van der Waals surface area (Å²) in [5.41, 5.74) is 2.73. The molecule has 0 saturated heterocycles. The van der Waals surface area contributed by atoms with Gasteiger partial charge in [-0.15, -0.1) is 11.3 Å². The highest BCUT2D eigenvalue weighted by Gasteiger charge is 2.31. The molecule has 170 valence electrons. The molecule has 1 atom stereocenters. The molecule has 0 bridgehead atoms. The van der Waals surface area contributed by atoms with Gasteiger partial charge in [0.05, 0.1) is 42.5 Å². The minimum atomic E-state index is -0.339. The van der Waals surface area contributed by atoms with Gasteiger partial charge in [0.1, 0.15) is 21.8 Å². The molecular formula is C24H24N4O4S. The van der Waals surface area contributed by atoms with Crippen molar-refractivity contribution in [1.82, 2.24) is 14.5 Å². The van der Waals surface area contributed by atoms with Crippen LogP contribution in [0, 0.1) is 0 Å². The number of methoxy groups -OCH3 is 1. The second-order valence-corrected chi connectivity index (χ2v) is 9.42. The normalized spacial score (nSPS) is 17.8. The van der Waals surface area contributed by atoms with E-state index in [0.29, 0.717) is 28.3 Å². The summed E-state index contributed by atoms with van der Waals surface area (Å²) in [6, 6.07) is 9.16. The second-order valence-electron chi connectivity index (χ2n) is 8.42. The summed E-state index contributed by atoms with van der Waals surface area (Å²) in [5.74, 6) is 0.211. The van der Waals surface area contributed by atoms with Crippen LogP contribution in [0.4, 0.5) is 5.69 Å². The van der Waals surface area contributed by atoms with Crippen molar-refractivity contribution in [2.24, 2.45) is 0 Å². The fourth-order valence-electron chi connectivity index (χ4n) is 4.04. The number of hydrogen-bond acceptors (Lipinski definition) is 7. The first-order valence-corrected chi connectivity index (χ1v) is 11.6. The molecule has 1 amide bonds. The fourth-order valence-corrected chi connectivity index (χ4v) is 5.12. The van der Waals surface area contributed by atoms with Gasteiger partial charge in [0, 0.05) is 17.4 Å². The van der Waals surface area contributed by atoms with Gasteiger partial charge in [-0.3, -0.25) is 14.2 Å². The standard InChI is InChI=1S/C24H24N4O4S/c1-4-24(2)10-17-14(12-32-24)9-15-20-21(33-22(15)27-17)23(30)28(13-25-20)11-19(29)26-16-7-5-6-8-18(16)31-3/h5-9,13H,4,10-12H2,1-3H3,(H,26,29). The number of nitrogens with zero attached hydrogens (tertiary/aromatic N) is 3. The van der Waals surface area contributed by atoms with Crippen LogP contribution < -0.4 is 15.6 Å². The Morgan fingerprint density at radius 3 is 2.97 bits per heavy atom. The highest BCUT2D eigenvalue weighted by molar-refractivity contribution is 7.25. The summed E-state index contributed by atoms with van der Waals surface area (Å²) in [6.07, 6.45) is 3.06. The number of pyridine rings is 1. The van der Waals surface area contributed by atoms with Crippen LogP contribution in [0.15, 0.2) is 41.5 Å². The third-order valence-electron chi connectivity index (χ3n) is 6.17. The quantitative estimate of drug-likeness (QED) is 0.481. The molecule has 8 nitrogen and oxygen atoms in total. The van der Waals surface area contributed by atoms with E-state index in [0.717, 1.165) is 34.3 Å². The number of aromatic nitrogens is 3. The molecule has 0 radical (unpaired) electrons. The van der Waals surface area contributed by atoms with E-state index < -0.39 is 0 Å². The average molecular weight is 465 g/mol. The number of amides is 1. The van der Waals surface area contributed by atoms with Gasteiger partial charge in [-0.1, -0.05) is 19.1 Å². The highest BCUT2D eigenvalue weighted by Crippen LogP contribution is 2.35. The number of carbonyl (C=O) groups excluding carboxylic acids is 1. The average Bonchev–Trinajstić information content (AvgIpc) is 3.18. The summed E-state index contributed by atoms with van der Waals surface area (Å²) in [7, 11) is 1.54. The van der Waals surface area contributed by atoms with Crippen LogP contribution in [-0.4, -0.2) is 33.2 Å². The summed E-state index contributed by atoms with van der Waals surface area (Å²) in [4.78, 5) is 35.9. The van der Waals surface area contributed by atoms with E-state index in [9.17, 15) is 9.59 Å². The van der Waals surface area contributed by atoms with Crippen molar-refractivity contribution >= 4 is 43.4 Å². The molecule has 0 spiro atoms. The number of fused-ring (bicyclic) bond motifs is 4. The Kier molecular flexibility index (Phi) is 5.38. The number of benzene rings is 1. The minimum absolute atomic E-state index is 0.152. The summed E-state index contributed by atoms with van der Waals surface area (Å²) in [6.45, 7) is 4.56. The number of para-hydroxylation sites is 2. The Labute approximate surface area is 194 Å². The third-order valence-corrected chi connectivity index (χ3v) is 7.24. The summed E-state index contributed by atoms with van der Waals surface area (Å²) in [5, 5.41) is 3.64. The van der Waals surface area contributed by atoms with E-state index in [4.69, 9.17) is 14.5 Å². The van der Waals surface area contributed by atoms with Gasteiger partial charge in [-0.2, -0.15) is 0 Å². The second kappa shape index (κ2) is 8.24. The van der Waals surface area contributed by atoms with Crippen LogP contribution in [0.1, 0.15) is 31.5 Å². The molecule has 4 heterocycles. The monoisotopic (exact) mass is 464 g/mol. The SMILES string of the molecule is CCC1(C)Cc2nc3sc4c(=O)n(CC(=O)Nc5ccccc5OC)cnc4c3cc2CO1. The molecule has 1 unspecified atom stereocenters. The Morgan fingerprint density at radius 2 is 2.18 bits per heavy atom. The first-order valence-electron chi connectivity index (χ1n) is 10.8. The Morgan fingerprint density at radius 1 is 1.36 bits per heavy atom. The number of hydrogen-bond donors (Lipinski definition) is 1. The zero-order valence-electron chi connectivity index (χ0n) is 18.7. The van der Waals surface area contributed by atoms with Gasteiger partial charge in [-0.25, -0.2) is 9.97 Å². The van der Waals surface area contributed by atoms with Crippen LogP contribution in [0.5, 0.6) is 5.75 Å². The van der Waals surface area contributed by atoms with Crippen molar-refractivity contribution in [3.63, 3.8) is 0 Å². The lowest BCUT2D eigenvalue weighted by Crippen LogP contribution is -2.35. The van der Waals surface area contributed by atoms with Gasteiger partial charge >= 0.3 is 0 Å². The topological polar surface area (TPSA) is 95.3 Å². The molecule has 1 aliphatic rings. The zero-order valence-corrected chi connectivity index (χ0v) is 19.5. The lowest BCUT2D eigenvalue weighted by Gasteiger charge is -2.33. The molecule has 9 heteroatoms. The van der Waals surface area contributed by atoms with Crippen LogP contribution in [0.25, 0.3) is 20.4 Å². The largest absolute Gasteiger partial charge is 0.495 e. The lowest BCUT2D eigenvalue weighted by atomic mass is 9.91. The van der Waals surface area contributed by atoms with Crippen LogP contribution >= 0.6 is 11.3 Å². The lowest BCUT2D eigenvalue weighted by molar-refractivity contribution is -0.116. The number of thiophene rings is 1. The molecule has 4 aromatic rings. The molecule has 5 rings (SSSR count). The van der Waals surface area contributed by atoms with E-state index >= 15 is 0 Å².